The van der Waals surface area contributed by atoms with Gasteiger partial charge in [0.15, 0.2) is 11.5 Å². The first-order valence-electron chi connectivity index (χ1n) is 10.6. The standard InChI is InChI=1S/C26H23N3O3/c30-26(25-18-31-23-8-3-4-9-24(23)32-25)27-16-21-6-1-2-7-22(21)20-12-10-19(11-13-20)17-29-15-5-14-28-29/h1-15,25H,16-18H2,(H,27,30). The molecule has 32 heavy (non-hydrogen) atoms. The fourth-order valence-corrected chi connectivity index (χ4v) is 3.77. The van der Waals surface area contributed by atoms with Crippen molar-refractivity contribution in [2.75, 3.05) is 6.61 Å². The van der Waals surface area contributed by atoms with Crippen molar-refractivity contribution in [3.8, 4) is 22.6 Å². The molecule has 1 aliphatic rings. The summed E-state index contributed by atoms with van der Waals surface area (Å²) in [6.45, 7) is 1.34. The lowest BCUT2D eigenvalue weighted by Crippen LogP contribution is -2.43. The van der Waals surface area contributed by atoms with E-state index in [1.807, 2.05) is 53.3 Å². The molecule has 4 aromatic rings. The molecule has 3 aromatic carbocycles. The van der Waals surface area contributed by atoms with E-state index >= 15 is 0 Å². The molecule has 0 saturated carbocycles. The first-order chi connectivity index (χ1) is 15.8. The molecule has 0 radical (unpaired) electrons. The Morgan fingerprint density at radius 1 is 0.969 bits per heavy atom. The van der Waals surface area contributed by atoms with Crippen molar-refractivity contribution in [3.63, 3.8) is 0 Å². The summed E-state index contributed by atoms with van der Waals surface area (Å²) in [6, 6.07) is 25.8. The summed E-state index contributed by atoms with van der Waals surface area (Å²) < 4.78 is 13.4. The normalized spacial score (nSPS) is 14.7. The van der Waals surface area contributed by atoms with Crippen LogP contribution in [0, 0.1) is 0 Å². The number of aromatic nitrogens is 2. The summed E-state index contributed by atoms with van der Waals surface area (Å²) in [7, 11) is 0. The van der Waals surface area contributed by atoms with Crippen LogP contribution in [0.25, 0.3) is 11.1 Å². The largest absolute Gasteiger partial charge is 0.485 e. The van der Waals surface area contributed by atoms with Crippen molar-refractivity contribution in [1.82, 2.24) is 15.1 Å². The van der Waals surface area contributed by atoms with Gasteiger partial charge in [0.25, 0.3) is 5.91 Å². The average molecular weight is 425 g/mol. The number of hydrogen-bond donors (Lipinski definition) is 1. The van der Waals surface area contributed by atoms with Gasteiger partial charge in [-0.3, -0.25) is 9.48 Å². The SMILES string of the molecule is O=C(NCc1ccccc1-c1ccc(Cn2cccn2)cc1)C1COc2ccccc2O1. The van der Waals surface area contributed by atoms with E-state index in [1.54, 1.807) is 12.3 Å². The van der Waals surface area contributed by atoms with Gasteiger partial charge in [0.1, 0.15) is 6.61 Å². The molecular formula is C26H23N3O3. The number of nitrogens with zero attached hydrogens (tertiary/aromatic N) is 2. The van der Waals surface area contributed by atoms with Crippen molar-refractivity contribution in [2.45, 2.75) is 19.2 Å². The Kier molecular flexibility index (Phi) is 5.58. The fourth-order valence-electron chi connectivity index (χ4n) is 3.77. The lowest BCUT2D eigenvalue weighted by molar-refractivity contribution is -0.130. The van der Waals surface area contributed by atoms with Crippen molar-refractivity contribution in [2.24, 2.45) is 0 Å². The summed E-state index contributed by atoms with van der Waals surface area (Å²) >= 11 is 0. The molecule has 0 saturated heterocycles. The minimum Gasteiger partial charge on any atom is -0.485 e. The van der Waals surface area contributed by atoms with Crippen molar-refractivity contribution < 1.29 is 14.3 Å². The maximum absolute atomic E-state index is 12.7. The maximum atomic E-state index is 12.7. The molecule has 2 heterocycles. The highest BCUT2D eigenvalue weighted by atomic mass is 16.6. The van der Waals surface area contributed by atoms with Gasteiger partial charge in [-0.25, -0.2) is 0 Å². The van der Waals surface area contributed by atoms with Crippen LogP contribution >= 0.6 is 0 Å². The zero-order chi connectivity index (χ0) is 21.8. The smallest absolute Gasteiger partial charge is 0.264 e. The molecule has 1 aromatic heterocycles. The summed E-state index contributed by atoms with van der Waals surface area (Å²) in [5.74, 6) is 1.07. The van der Waals surface area contributed by atoms with Crippen molar-refractivity contribution in [1.29, 1.82) is 0 Å². The fraction of sp³-hybridized carbons (Fsp3) is 0.154. The Balaban J connectivity index is 1.25. The van der Waals surface area contributed by atoms with Gasteiger partial charge >= 0.3 is 0 Å². The molecule has 1 amide bonds. The Hall–Kier alpha value is -4.06. The molecule has 1 unspecified atom stereocenters. The number of nitrogens with one attached hydrogen (secondary N) is 1. The molecule has 1 aliphatic heterocycles. The number of ether oxygens (including phenoxy) is 2. The molecule has 0 aliphatic carbocycles. The van der Waals surface area contributed by atoms with Crippen LogP contribution in [0.15, 0.2) is 91.3 Å². The molecule has 5 rings (SSSR count). The van der Waals surface area contributed by atoms with Crippen LogP contribution in [0.3, 0.4) is 0 Å². The molecule has 6 nitrogen and oxygen atoms in total. The first kappa shape index (κ1) is 19.9. The predicted molar refractivity (Wildman–Crippen MR) is 121 cm³/mol. The van der Waals surface area contributed by atoms with Gasteiger partial charge in [0, 0.05) is 18.9 Å². The molecular weight excluding hydrogens is 402 g/mol. The van der Waals surface area contributed by atoms with Gasteiger partial charge in [-0.2, -0.15) is 5.10 Å². The molecule has 1 N–H and O–H groups in total. The Bertz CT molecular complexity index is 1200. The van der Waals surface area contributed by atoms with Crippen LogP contribution in [-0.2, 0) is 17.9 Å². The maximum Gasteiger partial charge on any atom is 0.264 e. The van der Waals surface area contributed by atoms with Gasteiger partial charge in [0.2, 0.25) is 6.10 Å². The number of benzene rings is 3. The quantitative estimate of drug-likeness (QED) is 0.506. The van der Waals surface area contributed by atoms with E-state index in [0.29, 0.717) is 18.0 Å². The number of para-hydroxylation sites is 2. The van der Waals surface area contributed by atoms with Crippen LogP contribution < -0.4 is 14.8 Å². The minimum atomic E-state index is -0.668. The summed E-state index contributed by atoms with van der Waals surface area (Å²) in [5, 5.41) is 7.25. The minimum absolute atomic E-state index is 0.191. The van der Waals surface area contributed by atoms with E-state index in [1.165, 1.54) is 5.56 Å². The lowest BCUT2D eigenvalue weighted by atomic mass is 9.98. The highest BCUT2D eigenvalue weighted by molar-refractivity contribution is 5.82. The number of carbonyl (C=O) groups excluding carboxylic acids is 1. The second kappa shape index (κ2) is 8.98. The molecule has 6 heteroatoms. The summed E-state index contributed by atoms with van der Waals surface area (Å²) in [6.07, 6.45) is 3.06. The monoisotopic (exact) mass is 425 g/mol. The predicted octanol–water partition coefficient (Wildman–Crippen LogP) is 4.05. The summed E-state index contributed by atoms with van der Waals surface area (Å²) in [5.41, 5.74) is 4.41. The number of amides is 1. The number of rotatable bonds is 6. The van der Waals surface area contributed by atoms with E-state index in [-0.39, 0.29) is 12.5 Å². The summed E-state index contributed by atoms with van der Waals surface area (Å²) in [4.78, 5) is 12.7. The lowest BCUT2D eigenvalue weighted by Gasteiger charge is -2.25. The number of carbonyl (C=O) groups is 1. The van der Waals surface area contributed by atoms with Crippen LogP contribution in [0.1, 0.15) is 11.1 Å². The topological polar surface area (TPSA) is 65.4 Å². The van der Waals surface area contributed by atoms with E-state index in [0.717, 1.165) is 23.2 Å². The Morgan fingerprint density at radius 3 is 2.56 bits per heavy atom. The third-order valence-corrected chi connectivity index (χ3v) is 5.44. The average Bonchev–Trinajstić information content (AvgIpc) is 3.36. The number of hydrogen-bond acceptors (Lipinski definition) is 4. The van der Waals surface area contributed by atoms with Gasteiger partial charge in [0.05, 0.1) is 6.54 Å². The van der Waals surface area contributed by atoms with E-state index in [2.05, 4.69) is 40.7 Å². The van der Waals surface area contributed by atoms with Gasteiger partial charge in [-0.05, 0) is 40.5 Å². The molecule has 1 atom stereocenters. The van der Waals surface area contributed by atoms with Gasteiger partial charge < -0.3 is 14.8 Å². The molecule has 0 bridgehead atoms. The zero-order valence-corrected chi connectivity index (χ0v) is 17.5. The van der Waals surface area contributed by atoms with E-state index in [9.17, 15) is 4.79 Å². The van der Waals surface area contributed by atoms with Gasteiger partial charge in [-0.1, -0.05) is 60.7 Å². The third kappa shape index (κ3) is 4.34. The third-order valence-electron chi connectivity index (χ3n) is 5.44. The Labute approximate surface area is 186 Å². The first-order valence-corrected chi connectivity index (χ1v) is 10.6. The highest BCUT2D eigenvalue weighted by Crippen LogP contribution is 2.31. The van der Waals surface area contributed by atoms with E-state index in [4.69, 9.17) is 9.47 Å². The van der Waals surface area contributed by atoms with Crippen LogP contribution in [0.4, 0.5) is 0 Å². The zero-order valence-electron chi connectivity index (χ0n) is 17.5. The second-order valence-electron chi connectivity index (χ2n) is 7.64. The molecule has 0 fully saturated rings. The number of fused-ring (bicyclic) bond motifs is 1. The van der Waals surface area contributed by atoms with Gasteiger partial charge in [-0.15, -0.1) is 0 Å². The molecule has 160 valence electrons. The van der Waals surface area contributed by atoms with Crippen LogP contribution in [0.5, 0.6) is 11.5 Å². The van der Waals surface area contributed by atoms with E-state index < -0.39 is 6.10 Å². The van der Waals surface area contributed by atoms with Crippen molar-refractivity contribution >= 4 is 5.91 Å². The second-order valence-corrected chi connectivity index (χ2v) is 7.64. The molecule has 0 spiro atoms. The van der Waals surface area contributed by atoms with Crippen molar-refractivity contribution in [3.05, 3.63) is 102 Å². The van der Waals surface area contributed by atoms with Crippen LogP contribution in [0.2, 0.25) is 0 Å². The highest BCUT2D eigenvalue weighted by Gasteiger charge is 2.27. The van der Waals surface area contributed by atoms with Crippen LogP contribution in [-0.4, -0.2) is 28.4 Å². The Morgan fingerprint density at radius 2 is 1.75 bits per heavy atom.